The van der Waals surface area contributed by atoms with E-state index in [0.29, 0.717) is 12.8 Å². The highest BCUT2D eigenvalue weighted by Crippen LogP contribution is 2.36. The normalized spacial score (nSPS) is 17.3. The van der Waals surface area contributed by atoms with Crippen molar-refractivity contribution in [2.45, 2.75) is 31.9 Å². The quantitative estimate of drug-likeness (QED) is 0.732. The van der Waals surface area contributed by atoms with Gasteiger partial charge in [0.15, 0.2) is 5.78 Å². The molecule has 0 atom stereocenters. The molecule has 0 amide bonds. The van der Waals surface area contributed by atoms with Crippen LogP contribution in [-0.2, 0) is 11.0 Å². The number of alkyl halides is 3. The summed E-state index contributed by atoms with van der Waals surface area (Å²) in [6.07, 6.45) is -0.203. The topological polar surface area (TPSA) is 17.1 Å². The van der Waals surface area contributed by atoms with Crippen LogP contribution < -0.4 is 0 Å². The van der Waals surface area contributed by atoms with E-state index < -0.39 is 11.7 Å². The van der Waals surface area contributed by atoms with Gasteiger partial charge in [-0.05, 0) is 30.9 Å². The Kier molecular flexibility index (Phi) is 3.55. The number of Topliss-reactive ketones (excluding diaryl/α,β-unsaturated/α-hetero) is 1. The fourth-order valence-electron chi connectivity index (χ4n) is 2.15. The second-order valence-electron chi connectivity index (χ2n) is 4.33. The molecule has 0 heterocycles. The molecule has 1 aliphatic rings. The molecule has 0 radical (unpaired) electrons. The third kappa shape index (κ3) is 2.63. The lowest BCUT2D eigenvalue weighted by Gasteiger charge is -2.14. The van der Waals surface area contributed by atoms with Crippen molar-refractivity contribution in [1.82, 2.24) is 0 Å². The third-order valence-electron chi connectivity index (χ3n) is 3.03. The van der Waals surface area contributed by atoms with E-state index in [-0.39, 0.29) is 16.9 Å². The van der Waals surface area contributed by atoms with E-state index in [2.05, 4.69) is 0 Å². The Morgan fingerprint density at radius 1 is 1.06 bits per heavy atom. The highest BCUT2D eigenvalue weighted by Gasteiger charge is 2.34. The molecule has 1 aromatic rings. The van der Waals surface area contributed by atoms with E-state index in [4.69, 9.17) is 0 Å². The molecule has 4 heteroatoms. The van der Waals surface area contributed by atoms with Crippen LogP contribution in [0.25, 0.3) is 5.57 Å². The van der Waals surface area contributed by atoms with Gasteiger partial charge in [-0.15, -0.1) is 0 Å². The monoisotopic (exact) mass is 254 g/mol. The summed E-state index contributed by atoms with van der Waals surface area (Å²) in [6, 6.07) is 5.27. The molecule has 0 aromatic heterocycles. The Labute approximate surface area is 103 Å². The molecule has 2 rings (SSSR count). The van der Waals surface area contributed by atoms with Crippen LogP contribution in [0.4, 0.5) is 13.2 Å². The first kappa shape index (κ1) is 12.9. The molecule has 0 spiro atoms. The number of allylic oxidation sites excluding steroid dienone is 2. The minimum atomic E-state index is -4.43. The number of rotatable bonds is 1. The lowest BCUT2D eigenvalue weighted by Crippen LogP contribution is -2.11. The molecule has 0 saturated carbocycles. The van der Waals surface area contributed by atoms with Crippen molar-refractivity contribution in [3.8, 4) is 0 Å². The van der Waals surface area contributed by atoms with Gasteiger partial charge in [0.1, 0.15) is 0 Å². The first-order valence-electron chi connectivity index (χ1n) is 5.90. The Bertz CT molecular complexity index is 486. The molecule has 1 nitrogen and oxygen atoms in total. The van der Waals surface area contributed by atoms with Gasteiger partial charge < -0.3 is 0 Å². The molecule has 96 valence electrons. The number of hydrogen-bond donors (Lipinski definition) is 0. The average molecular weight is 254 g/mol. The van der Waals surface area contributed by atoms with Gasteiger partial charge in [0, 0.05) is 12.0 Å². The zero-order chi connectivity index (χ0) is 13.2. The number of carbonyl (C=O) groups is 1. The number of ketones is 1. The van der Waals surface area contributed by atoms with Crippen molar-refractivity contribution in [3.63, 3.8) is 0 Å². The fraction of sp³-hybridized carbons (Fsp3) is 0.357. The molecule has 0 saturated heterocycles. The van der Waals surface area contributed by atoms with Crippen molar-refractivity contribution >= 4 is 11.4 Å². The minimum Gasteiger partial charge on any atom is -0.294 e. The van der Waals surface area contributed by atoms with Crippen molar-refractivity contribution < 1.29 is 18.0 Å². The van der Waals surface area contributed by atoms with Gasteiger partial charge in [-0.2, -0.15) is 13.2 Å². The molecule has 0 N–H and O–H groups in total. The number of benzene rings is 1. The average Bonchev–Trinajstić information content (AvgIpc) is 2.53. The largest absolute Gasteiger partial charge is 0.417 e. The predicted molar refractivity (Wildman–Crippen MR) is 62.9 cm³/mol. The van der Waals surface area contributed by atoms with E-state index in [1.807, 2.05) is 0 Å². The summed E-state index contributed by atoms with van der Waals surface area (Å²) in [5.41, 5.74) is -0.496. The van der Waals surface area contributed by atoms with Gasteiger partial charge in [-0.25, -0.2) is 0 Å². The van der Waals surface area contributed by atoms with Crippen LogP contribution in [-0.4, -0.2) is 5.78 Å². The molecule has 1 aromatic carbocycles. The first-order valence-corrected chi connectivity index (χ1v) is 5.90. The van der Waals surface area contributed by atoms with Crippen LogP contribution in [0.3, 0.4) is 0 Å². The summed E-state index contributed by atoms with van der Waals surface area (Å²) in [5, 5.41) is 0. The molecule has 18 heavy (non-hydrogen) atoms. The van der Waals surface area contributed by atoms with Gasteiger partial charge in [0.2, 0.25) is 0 Å². The molecule has 0 aliphatic heterocycles. The second-order valence-corrected chi connectivity index (χ2v) is 4.33. The van der Waals surface area contributed by atoms with Gasteiger partial charge in [-0.3, -0.25) is 4.79 Å². The summed E-state index contributed by atoms with van der Waals surface area (Å²) >= 11 is 0. The lowest BCUT2D eigenvalue weighted by molar-refractivity contribution is -0.137. The van der Waals surface area contributed by atoms with E-state index >= 15 is 0 Å². The third-order valence-corrected chi connectivity index (χ3v) is 3.03. The van der Waals surface area contributed by atoms with E-state index in [1.165, 1.54) is 18.2 Å². The number of carbonyl (C=O) groups excluding carboxylic acids is 1. The smallest absolute Gasteiger partial charge is 0.294 e. The molecule has 0 bridgehead atoms. The van der Waals surface area contributed by atoms with Crippen LogP contribution in [0, 0.1) is 0 Å². The van der Waals surface area contributed by atoms with Crippen molar-refractivity contribution in [3.05, 3.63) is 41.5 Å². The van der Waals surface area contributed by atoms with Crippen LogP contribution in [0.1, 0.15) is 36.8 Å². The second kappa shape index (κ2) is 4.96. The molecular formula is C14H13F3O. The van der Waals surface area contributed by atoms with Crippen molar-refractivity contribution in [2.24, 2.45) is 0 Å². The zero-order valence-corrected chi connectivity index (χ0v) is 9.76. The van der Waals surface area contributed by atoms with Gasteiger partial charge in [-0.1, -0.05) is 24.3 Å². The predicted octanol–water partition coefficient (Wildman–Crippen LogP) is 4.23. The molecule has 0 fully saturated rings. The Balaban J connectivity index is 2.50. The Morgan fingerprint density at radius 2 is 1.78 bits per heavy atom. The SMILES string of the molecule is O=C1CCCCC=C1c1ccccc1C(F)(F)F. The first-order chi connectivity index (χ1) is 8.50. The summed E-state index contributed by atoms with van der Waals surface area (Å²) in [5.74, 6) is -0.191. The standard InChI is InChI=1S/C14H13F3O/c15-14(16,17)12-8-5-4-6-10(12)11-7-2-1-3-9-13(11)18/h4-8H,1-3,9H2. The molecule has 1 aliphatic carbocycles. The van der Waals surface area contributed by atoms with Crippen LogP contribution in [0.2, 0.25) is 0 Å². The van der Waals surface area contributed by atoms with Crippen LogP contribution in [0.15, 0.2) is 30.3 Å². The fourth-order valence-corrected chi connectivity index (χ4v) is 2.15. The highest BCUT2D eigenvalue weighted by atomic mass is 19.4. The summed E-state index contributed by atoms with van der Waals surface area (Å²) in [4.78, 5) is 11.9. The maximum atomic E-state index is 12.9. The maximum Gasteiger partial charge on any atom is 0.417 e. The lowest BCUT2D eigenvalue weighted by atomic mass is 9.95. The maximum absolute atomic E-state index is 12.9. The van der Waals surface area contributed by atoms with Crippen molar-refractivity contribution in [2.75, 3.05) is 0 Å². The number of hydrogen-bond acceptors (Lipinski definition) is 1. The molecular weight excluding hydrogens is 241 g/mol. The highest BCUT2D eigenvalue weighted by molar-refractivity contribution is 6.21. The Morgan fingerprint density at radius 3 is 2.50 bits per heavy atom. The zero-order valence-electron chi connectivity index (χ0n) is 9.76. The van der Waals surface area contributed by atoms with Gasteiger partial charge in [0.25, 0.3) is 0 Å². The van der Waals surface area contributed by atoms with E-state index in [0.717, 1.165) is 18.9 Å². The summed E-state index contributed by atoms with van der Waals surface area (Å²) in [7, 11) is 0. The summed E-state index contributed by atoms with van der Waals surface area (Å²) < 4.78 is 38.7. The Hall–Kier alpha value is -1.58. The number of halogens is 3. The van der Waals surface area contributed by atoms with Crippen LogP contribution in [0.5, 0.6) is 0 Å². The molecule has 0 unspecified atom stereocenters. The van der Waals surface area contributed by atoms with Crippen LogP contribution >= 0.6 is 0 Å². The van der Waals surface area contributed by atoms with E-state index in [9.17, 15) is 18.0 Å². The van der Waals surface area contributed by atoms with Gasteiger partial charge >= 0.3 is 6.18 Å². The van der Waals surface area contributed by atoms with Gasteiger partial charge in [0.05, 0.1) is 5.56 Å². The minimum absolute atomic E-state index is 0.0110. The van der Waals surface area contributed by atoms with E-state index in [1.54, 1.807) is 6.08 Å². The summed E-state index contributed by atoms with van der Waals surface area (Å²) in [6.45, 7) is 0. The van der Waals surface area contributed by atoms with Crippen molar-refractivity contribution in [1.29, 1.82) is 0 Å².